The van der Waals surface area contributed by atoms with E-state index in [2.05, 4.69) is 15.3 Å². The lowest BCUT2D eigenvalue weighted by Gasteiger charge is -2.32. The highest BCUT2D eigenvalue weighted by Crippen LogP contribution is 2.23. The highest BCUT2D eigenvalue weighted by molar-refractivity contribution is 5.95. The fourth-order valence-electron chi connectivity index (χ4n) is 3.59. The maximum absolute atomic E-state index is 12.7. The van der Waals surface area contributed by atoms with Crippen molar-refractivity contribution in [2.75, 3.05) is 18.8 Å². The van der Waals surface area contributed by atoms with Crippen LogP contribution in [0.3, 0.4) is 0 Å². The van der Waals surface area contributed by atoms with Crippen molar-refractivity contribution in [1.82, 2.24) is 20.2 Å². The van der Waals surface area contributed by atoms with Gasteiger partial charge >= 0.3 is 0 Å². The fraction of sp³-hybridized carbons (Fsp3) is 0.429. The molecule has 1 aliphatic rings. The van der Waals surface area contributed by atoms with Crippen molar-refractivity contribution >= 4 is 17.8 Å². The molecule has 3 N–H and O–H groups in total. The lowest BCUT2D eigenvalue weighted by molar-refractivity contribution is -0.122. The Balaban J connectivity index is 1.48. The number of carbonyl (C=O) groups excluding carboxylic acids is 2. The van der Waals surface area contributed by atoms with Gasteiger partial charge in [-0.1, -0.05) is 30.3 Å². The molecule has 2 amide bonds. The average molecular weight is 381 g/mol. The number of aromatic nitrogens is 2. The minimum Gasteiger partial charge on any atom is -0.368 e. The summed E-state index contributed by atoms with van der Waals surface area (Å²) in [5.74, 6) is 0.446. The van der Waals surface area contributed by atoms with Crippen molar-refractivity contribution in [3.05, 3.63) is 53.3 Å². The number of nitrogens with one attached hydrogen (secondary N) is 1. The molecule has 0 bridgehead atoms. The first kappa shape index (κ1) is 19.8. The summed E-state index contributed by atoms with van der Waals surface area (Å²) in [6, 6.07) is 9.92. The molecule has 7 nitrogen and oxygen atoms in total. The Kier molecular flexibility index (Phi) is 6.23. The van der Waals surface area contributed by atoms with Crippen LogP contribution in [0.2, 0.25) is 0 Å². The zero-order chi connectivity index (χ0) is 20.1. The number of anilines is 1. The van der Waals surface area contributed by atoms with E-state index in [0.717, 1.165) is 18.4 Å². The SMILES string of the molecule is Cc1nc(N)ncc1C(=O)N1CCC(CC(=O)N[C@@H](C)c2ccccc2)CC1. The molecule has 1 fully saturated rings. The van der Waals surface area contributed by atoms with Gasteiger partial charge in [0.2, 0.25) is 11.9 Å². The molecule has 1 aliphatic heterocycles. The maximum atomic E-state index is 12.7. The van der Waals surface area contributed by atoms with Gasteiger partial charge in [0.15, 0.2) is 0 Å². The summed E-state index contributed by atoms with van der Waals surface area (Å²) in [5.41, 5.74) is 7.73. The monoisotopic (exact) mass is 381 g/mol. The van der Waals surface area contributed by atoms with E-state index in [9.17, 15) is 9.59 Å². The molecular weight excluding hydrogens is 354 g/mol. The Morgan fingerprint density at radius 3 is 2.57 bits per heavy atom. The third-order valence-corrected chi connectivity index (χ3v) is 5.28. The molecule has 7 heteroatoms. The molecule has 1 aromatic heterocycles. The highest BCUT2D eigenvalue weighted by Gasteiger charge is 2.26. The number of nitrogens with zero attached hydrogens (tertiary/aromatic N) is 3. The number of amides is 2. The number of aryl methyl sites for hydroxylation is 1. The molecule has 0 radical (unpaired) electrons. The molecule has 2 heterocycles. The van der Waals surface area contributed by atoms with Crippen molar-refractivity contribution in [2.24, 2.45) is 5.92 Å². The average Bonchev–Trinajstić information content (AvgIpc) is 2.68. The van der Waals surface area contributed by atoms with Crippen molar-refractivity contribution in [1.29, 1.82) is 0 Å². The van der Waals surface area contributed by atoms with Gasteiger partial charge in [-0.2, -0.15) is 0 Å². The summed E-state index contributed by atoms with van der Waals surface area (Å²) in [4.78, 5) is 34.9. The number of nitrogen functional groups attached to an aromatic ring is 1. The third kappa shape index (κ3) is 4.85. The number of rotatable bonds is 5. The largest absolute Gasteiger partial charge is 0.368 e. The Morgan fingerprint density at radius 2 is 1.93 bits per heavy atom. The van der Waals surface area contributed by atoms with E-state index < -0.39 is 0 Å². The second-order valence-corrected chi connectivity index (χ2v) is 7.37. The Labute approximate surface area is 165 Å². The van der Waals surface area contributed by atoms with Crippen molar-refractivity contribution < 1.29 is 9.59 Å². The molecule has 28 heavy (non-hydrogen) atoms. The third-order valence-electron chi connectivity index (χ3n) is 5.28. The zero-order valence-corrected chi connectivity index (χ0v) is 16.4. The first-order chi connectivity index (χ1) is 13.4. The standard InChI is InChI=1S/C21H27N5O2/c1-14(17-6-4-3-5-7-17)24-19(27)12-16-8-10-26(11-9-16)20(28)18-13-23-21(22)25-15(18)2/h3-7,13-14,16H,8-12H2,1-2H3,(H,24,27)(H2,22,23,25)/t14-/m0/s1. The van der Waals surface area contributed by atoms with Gasteiger partial charge in [0.1, 0.15) is 0 Å². The number of benzene rings is 1. The highest BCUT2D eigenvalue weighted by atomic mass is 16.2. The fourth-order valence-corrected chi connectivity index (χ4v) is 3.59. The summed E-state index contributed by atoms with van der Waals surface area (Å²) >= 11 is 0. The Morgan fingerprint density at radius 1 is 1.25 bits per heavy atom. The summed E-state index contributed by atoms with van der Waals surface area (Å²) in [7, 11) is 0. The van der Waals surface area contributed by atoms with Gasteiger partial charge in [0.25, 0.3) is 5.91 Å². The normalized spacial score (nSPS) is 15.9. The molecule has 0 spiro atoms. The lowest BCUT2D eigenvalue weighted by Crippen LogP contribution is -2.40. The first-order valence-corrected chi connectivity index (χ1v) is 9.66. The molecule has 0 aliphatic carbocycles. The minimum atomic E-state index is -0.0712. The van der Waals surface area contributed by atoms with Crippen molar-refractivity contribution in [3.63, 3.8) is 0 Å². The molecular formula is C21H27N5O2. The van der Waals surface area contributed by atoms with Gasteiger partial charge in [0, 0.05) is 25.7 Å². The van der Waals surface area contributed by atoms with Crippen LogP contribution in [-0.2, 0) is 4.79 Å². The van der Waals surface area contributed by atoms with Crippen molar-refractivity contribution in [2.45, 2.75) is 39.2 Å². The molecule has 1 saturated heterocycles. The number of nitrogens with two attached hydrogens (primary N) is 1. The first-order valence-electron chi connectivity index (χ1n) is 9.66. The molecule has 1 atom stereocenters. The predicted molar refractivity (Wildman–Crippen MR) is 107 cm³/mol. The van der Waals surface area contributed by atoms with Gasteiger partial charge in [0.05, 0.1) is 17.3 Å². The molecule has 1 aromatic carbocycles. The van der Waals surface area contributed by atoms with Gasteiger partial charge in [-0.3, -0.25) is 9.59 Å². The van der Waals surface area contributed by atoms with Crippen LogP contribution in [0, 0.1) is 12.8 Å². The topological polar surface area (TPSA) is 101 Å². The number of likely N-dealkylation sites (tertiary alicyclic amines) is 1. The molecule has 3 rings (SSSR count). The van der Waals surface area contributed by atoms with Gasteiger partial charge < -0.3 is 16.0 Å². The summed E-state index contributed by atoms with van der Waals surface area (Å²) in [6.45, 7) is 5.02. The Bertz CT molecular complexity index is 832. The van der Waals surface area contributed by atoms with E-state index in [0.29, 0.717) is 30.8 Å². The van der Waals surface area contributed by atoms with Crippen LogP contribution >= 0.6 is 0 Å². The van der Waals surface area contributed by atoms with Crippen molar-refractivity contribution in [3.8, 4) is 0 Å². The van der Waals surface area contributed by atoms with Crippen LogP contribution in [0.25, 0.3) is 0 Å². The zero-order valence-electron chi connectivity index (χ0n) is 16.4. The van der Waals surface area contributed by atoms with Crippen LogP contribution in [0.15, 0.2) is 36.5 Å². The second-order valence-electron chi connectivity index (χ2n) is 7.37. The van der Waals surface area contributed by atoms with Crippen LogP contribution in [0.1, 0.15) is 53.8 Å². The van der Waals surface area contributed by atoms with Crippen LogP contribution in [-0.4, -0.2) is 39.8 Å². The van der Waals surface area contributed by atoms with E-state index in [-0.39, 0.29) is 29.7 Å². The van der Waals surface area contributed by atoms with Crippen LogP contribution in [0.5, 0.6) is 0 Å². The van der Waals surface area contributed by atoms with Crippen LogP contribution < -0.4 is 11.1 Å². The quantitative estimate of drug-likeness (QED) is 0.829. The number of hydrogen-bond acceptors (Lipinski definition) is 5. The van der Waals surface area contributed by atoms with E-state index in [1.165, 1.54) is 6.20 Å². The number of carbonyl (C=O) groups is 2. The smallest absolute Gasteiger partial charge is 0.257 e. The van der Waals surface area contributed by atoms with E-state index in [1.54, 1.807) is 6.92 Å². The number of hydrogen-bond donors (Lipinski definition) is 2. The summed E-state index contributed by atoms with van der Waals surface area (Å²) in [6.07, 6.45) is 3.61. The van der Waals surface area contributed by atoms with Gasteiger partial charge in [-0.05, 0) is 38.2 Å². The van der Waals surface area contributed by atoms with Gasteiger partial charge in [-0.25, -0.2) is 9.97 Å². The van der Waals surface area contributed by atoms with Gasteiger partial charge in [-0.15, -0.1) is 0 Å². The molecule has 148 valence electrons. The summed E-state index contributed by atoms with van der Waals surface area (Å²) < 4.78 is 0. The van der Waals surface area contributed by atoms with E-state index >= 15 is 0 Å². The molecule has 2 aromatic rings. The van der Waals surface area contributed by atoms with E-state index in [1.807, 2.05) is 42.2 Å². The molecule has 0 saturated carbocycles. The van der Waals surface area contributed by atoms with Crippen LogP contribution in [0.4, 0.5) is 5.95 Å². The molecule has 0 unspecified atom stereocenters. The summed E-state index contributed by atoms with van der Waals surface area (Å²) in [5, 5.41) is 3.07. The Hall–Kier alpha value is -2.96. The predicted octanol–water partition coefficient (Wildman–Crippen LogP) is 2.49. The van der Waals surface area contributed by atoms with E-state index in [4.69, 9.17) is 5.73 Å². The second kappa shape index (κ2) is 8.82. The maximum Gasteiger partial charge on any atom is 0.257 e. The lowest BCUT2D eigenvalue weighted by atomic mass is 9.92. The number of piperidine rings is 1. The minimum absolute atomic E-state index is 0.0103.